The SMILES string of the molecule is O=S(=O)(c1ccc2c(c1)OCCO2)N1CCC(C(O)c2cccs2)CC1. The van der Waals surface area contributed by atoms with E-state index >= 15 is 0 Å². The number of hydrogen-bond donors (Lipinski definition) is 1. The van der Waals surface area contributed by atoms with Gasteiger partial charge in [-0.3, -0.25) is 0 Å². The molecule has 8 heteroatoms. The van der Waals surface area contributed by atoms with E-state index < -0.39 is 16.1 Å². The molecule has 1 N–H and O–H groups in total. The lowest BCUT2D eigenvalue weighted by Gasteiger charge is -2.33. The van der Waals surface area contributed by atoms with E-state index in [1.807, 2.05) is 17.5 Å². The summed E-state index contributed by atoms with van der Waals surface area (Å²) in [6.45, 7) is 1.70. The van der Waals surface area contributed by atoms with E-state index in [2.05, 4.69) is 0 Å². The first-order valence-electron chi connectivity index (χ1n) is 8.67. The minimum absolute atomic E-state index is 0.0837. The highest BCUT2D eigenvalue weighted by Crippen LogP contribution is 2.36. The average molecular weight is 396 g/mol. The van der Waals surface area contributed by atoms with E-state index in [0.717, 1.165) is 4.88 Å². The minimum atomic E-state index is -3.58. The van der Waals surface area contributed by atoms with Crippen molar-refractivity contribution in [1.82, 2.24) is 4.31 Å². The summed E-state index contributed by atoms with van der Waals surface area (Å²) < 4.78 is 38.3. The van der Waals surface area contributed by atoms with Gasteiger partial charge in [-0.05, 0) is 42.3 Å². The highest BCUT2D eigenvalue weighted by molar-refractivity contribution is 7.89. The van der Waals surface area contributed by atoms with Gasteiger partial charge >= 0.3 is 0 Å². The van der Waals surface area contributed by atoms with Gasteiger partial charge in [0.15, 0.2) is 11.5 Å². The van der Waals surface area contributed by atoms with E-state index in [4.69, 9.17) is 9.47 Å². The van der Waals surface area contributed by atoms with E-state index in [1.165, 1.54) is 21.7 Å². The maximum atomic E-state index is 12.9. The van der Waals surface area contributed by atoms with Crippen molar-refractivity contribution in [3.05, 3.63) is 40.6 Å². The van der Waals surface area contributed by atoms with E-state index in [9.17, 15) is 13.5 Å². The van der Waals surface area contributed by atoms with Gasteiger partial charge in [0, 0.05) is 24.0 Å². The van der Waals surface area contributed by atoms with Crippen LogP contribution in [0.1, 0.15) is 23.8 Å². The quantitative estimate of drug-likeness (QED) is 0.861. The van der Waals surface area contributed by atoms with Gasteiger partial charge in [0.05, 0.1) is 11.0 Å². The molecule has 6 nitrogen and oxygen atoms in total. The van der Waals surface area contributed by atoms with Gasteiger partial charge in [0.25, 0.3) is 0 Å². The fraction of sp³-hybridized carbons (Fsp3) is 0.444. The zero-order chi connectivity index (χ0) is 18.1. The number of piperidine rings is 1. The Bertz CT molecular complexity index is 858. The number of hydrogen-bond acceptors (Lipinski definition) is 6. The summed E-state index contributed by atoms with van der Waals surface area (Å²) in [5.41, 5.74) is 0. The fourth-order valence-electron chi connectivity index (χ4n) is 3.46. The van der Waals surface area contributed by atoms with E-state index in [0.29, 0.717) is 50.6 Å². The van der Waals surface area contributed by atoms with Crippen molar-refractivity contribution >= 4 is 21.4 Å². The number of aliphatic hydroxyl groups is 1. The highest BCUT2D eigenvalue weighted by atomic mass is 32.2. The summed E-state index contributed by atoms with van der Waals surface area (Å²) in [4.78, 5) is 1.16. The van der Waals surface area contributed by atoms with Crippen molar-refractivity contribution in [2.75, 3.05) is 26.3 Å². The van der Waals surface area contributed by atoms with Crippen LogP contribution in [0.3, 0.4) is 0 Å². The zero-order valence-electron chi connectivity index (χ0n) is 14.2. The molecule has 1 atom stereocenters. The molecular weight excluding hydrogens is 374 g/mol. The van der Waals surface area contributed by atoms with Crippen LogP contribution in [0.25, 0.3) is 0 Å². The lowest BCUT2D eigenvalue weighted by molar-refractivity contribution is 0.0788. The number of benzene rings is 1. The summed E-state index contributed by atoms with van der Waals surface area (Å²) in [5, 5.41) is 12.4. The molecule has 1 aromatic carbocycles. The van der Waals surface area contributed by atoms with Gasteiger partial charge in [-0.25, -0.2) is 8.42 Å². The molecule has 1 aromatic heterocycles. The molecule has 0 radical (unpaired) electrons. The standard InChI is InChI=1S/C18H21NO5S2/c20-18(17-2-1-11-25-17)13-5-7-19(8-6-13)26(21,22)14-3-4-15-16(12-14)24-10-9-23-15/h1-4,11-13,18,20H,5-10H2. The number of rotatable bonds is 4. The predicted molar refractivity (Wildman–Crippen MR) is 98.2 cm³/mol. The maximum absolute atomic E-state index is 12.9. The van der Waals surface area contributed by atoms with Crippen molar-refractivity contribution in [3.63, 3.8) is 0 Å². The number of thiophene rings is 1. The van der Waals surface area contributed by atoms with Crippen molar-refractivity contribution in [1.29, 1.82) is 0 Å². The molecule has 2 aromatic rings. The summed E-state index contributed by atoms with van der Waals surface area (Å²) in [5.74, 6) is 1.13. The Labute approximate surface area is 157 Å². The molecule has 0 bridgehead atoms. The molecule has 2 aliphatic heterocycles. The second-order valence-corrected chi connectivity index (χ2v) is 9.42. The van der Waals surface area contributed by atoms with Crippen LogP contribution in [0, 0.1) is 5.92 Å². The Morgan fingerprint density at radius 1 is 1.12 bits per heavy atom. The smallest absolute Gasteiger partial charge is 0.243 e. The summed E-state index contributed by atoms with van der Waals surface area (Å²) in [6.07, 6.45) is 0.764. The van der Waals surface area contributed by atoms with Gasteiger partial charge in [-0.1, -0.05) is 6.07 Å². The average Bonchev–Trinajstić information content (AvgIpc) is 3.22. The van der Waals surface area contributed by atoms with Gasteiger partial charge in [0.2, 0.25) is 10.0 Å². The third-order valence-corrected chi connectivity index (χ3v) is 7.77. The first-order valence-corrected chi connectivity index (χ1v) is 11.0. The monoisotopic (exact) mass is 395 g/mol. The van der Waals surface area contributed by atoms with Crippen LogP contribution in [0.2, 0.25) is 0 Å². The molecule has 2 aliphatic rings. The van der Waals surface area contributed by atoms with Gasteiger partial charge in [-0.2, -0.15) is 4.31 Å². The lowest BCUT2D eigenvalue weighted by Crippen LogP contribution is -2.39. The van der Waals surface area contributed by atoms with Gasteiger partial charge in [-0.15, -0.1) is 11.3 Å². The first-order chi connectivity index (χ1) is 12.6. The molecule has 0 amide bonds. The highest BCUT2D eigenvalue weighted by Gasteiger charge is 2.33. The summed E-state index contributed by atoms with van der Waals surface area (Å²) in [6, 6.07) is 8.60. The fourth-order valence-corrected chi connectivity index (χ4v) is 5.75. The second kappa shape index (κ2) is 7.19. The van der Waals surface area contributed by atoms with Crippen molar-refractivity contribution in [2.45, 2.75) is 23.8 Å². The number of aliphatic hydroxyl groups excluding tert-OH is 1. The Morgan fingerprint density at radius 2 is 1.85 bits per heavy atom. The molecule has 1 fully saturated rings. The van der Waals surface area contributed by atoms with Crippen molar-refractivity contribution in [3.8, 4) is 11.5 Å². The van der Waals surface area contributed by atoms with Crippen LogP contribution in [0.4, 0.5) is 0 Å². The molecule has 3 heterocycles. The minimum Gasteiger partial charge on any atom is -0.486 e. The Balaban J connectivity index is 1.46. The van der Waals surface area contributed by atoms with Crippen LogP contribution in [-0.2, 0) is 10.0 Å². The van der Waals surface area contributed by atoms with Crippen LogP contribution >= 0.6 is 11.3 Å². The van der Waals surface area contributed by atoms with Crippen molar-refractivity contribution < 1.29 is 23.0 Å². The normalized spacial score (nSPS) is 20.0. The molecule has 1 saturated heterocycles. The maximum Gasteiger partial charge on any atom is 0.243 e. The van der Waals surface area contributed by atoms with Gasteiger partial charge in [0.1, 0.15) is 13.2 Å². The zero-order valence-corrected chi connectivity index (χ0v) is 15.8. The second-order valence-electron chi connectivity index (χ2n) is 6.51. The predicted octanol–water partition coefficient (Wildman–Crippen LogP) is 2.65. The number of sulfonamides is 1. The largest absolute Gasteiger partial charge is 0.486 e. The Morgan fingerprint density at radius 3 is 2.54 bits per heavy atom. The Hall–Kier alpha value is -1.61. The van der Waals surface area contributed by atoms with Crippen LogP contribution in [0.15, 0.2) is 40.6 Å². The molecule has 4 rings (SSSR count). The van der Waals surface area contributed by atoms with Crippen LogP contribution < -0.4 is 9.47 Å². The van der Waals surface area contributed by atoms with Gasteiger partial charge < -0.3 is 14.6 Å². The number of nitrogens with zero attached hydrogens (tertiary/aromatic N) is 1. The molecular formula is C18H21NO5S2. The molecule has 0 saturated carbocycles. The van der Waals surface area contributed by atoms with E-state index in [1.54, 1.807) is 12.1 Å². The molecule has 140 valence electrons. The third kappa shape index (κ3) is 3.34. The Kier molecular flexibility index (Phi) is 4.92. The summed E-state index contributed by atoms with van der Waals surface area (Å²) in [7, 11) is -3.58. The van der Waals surface area contributed by atoms with E-state index in [-0.39, 0.29) is 10.8 Å². The van der Waals surface area contributed by atoms with Crippen molar-refractivity contribution in [2.24, 2.45) is 5.92 Å². The topological polar surface area (TPSA) is 76.1 Å². The first kappa shape index (κ1) is 17.8. The van der Waals surface area contributed by atoms with Crippen LogP contribution in [0.5, 0.6) is 11.5 Å². The lowest BCUT2D eigenvalue weighted by atomic mass is 9.91. The third-order valence-electron chi connectivity index (χ3n) is 4.93. The van der Waals surface area contributed by atoms with Crippen LogP contribution in [-0.4, -0.2) is 44.1 Å². The summed E-state index contributed by atoms with van der Waals surface area (Å²) >= 11 is 1.53. The molecule has 26 heavy (non-hydrogen) atoms. The molecule has 0 spiro atoms. The molecule has 0 aliphatic carbocycles. The number of ether oxygens (including phenoxy) is 2. The molecule has 1 unspecified atom stereocenters. The number of fused-ring (bicyclic) bond motifs is 1.